The molecule has 0 heterocycles. The minimum atomic E-state index is -1.57. The predicted molar refractivity (Wildman–Crippen MR) is 62.4 cm³/mol. The van der Waals surface area contributed by atoms with E-state index in [1.54, 1.807) is 0 Å². The lowest BCUT2D eigenvalue weighted by Gasteiger charge is -2.19. The molecule has 72 valence electrons. The van der Waals surface area contributed by atoms with Crippen LogP contribution in [0.15, 0.2) is 30.3 Å². The average molecular weight is 214 g/mol. The third-order valence-electron chi connectivity index (χ3n) is 1.98. The molecule has 0 unspecified atom stereocenters. The number of rotatable bonds is 4. The van der Waals surface area contributed by atoms with Gasteiger partial charge in [-0.3, -0.25) is 0 Å². The lowest BCUT2D eigenvalue weighted by Crippen LogP contribution is -1.97. The topological polar surface area (TPSA) is 9.23 Å². The van der Waals surface area contributed by atoms with Gasteiger partial charge in [0.15, 0.2) is 0 Å². The zero-order valence-corrected chi connectivity index (χ0v) is 9.78. The van der Waals surface area contributed by atoms with Crippen LogP contribution in [0.3, 0.4) is 0 Å². The fraction of sp³-hybridized carbons (Fsp3) is 0.400. The van der Waals surface area contributed by atoms with Crippen molar-refractivity contribution in [2.45, 2.75) is 13.8 Å². The summed E-state index contributed by atoms with van der Waals surface area (Å²) < 4.78 is 5.83. The minimum Gasteiger partial charge on any atom is -0.467 e. The molecule has 1 aromatic rings. The van der Waals surface area contributed by atoms with E-state index < -0.39 is 6.26 Å². The number of hydrogen-bond acceptors (Lipinski definition) is 2. The summed E-state index contributed by atoms with van der Waals surface area (Å²) in [4.78, 5) is 0. The second kappa shape index (κ2) is 4.78. The Morgan fingerprint density at radius 2 is 1.69 bits per heavy atom. The largest absolute Gasteiger partial charge is 0.467 e. The lowest BCUT2D eigenvalue weighted by atomic mass is 10.3. The molecule has 0 bridgehead atoms. The Labute approximate surface area is 85.2 Å². The van der Waals surface area contributed by atoms with Crippen LogP contribution in [0, 0.1) is 0 Å². The molecule has 0 fully saturated rings. The summed E-state index contributed by atoms with van der Waals surface area (Å²) >= 11 is 5.48. The van der Waals surface area contributed by atoms with E-state index in [-0.39, 0.29) is 0 Å². The molecule has 0 aliphatic carbocycles. The molecule has 0 spiro atoms. The predicted octanol–water partition coefficient (Wildman–Crippen LogP) is 3.50. The standard InChI is InChI=1S/C10H15OPS/c1-3-12(13,4-2)11-10-8-6-5-7-9-10/h5-9H,3-4H2,1-2H3. The molecule has 0 aliphatic heterocycles. The van der Waals surface area contributed by atoms with Crippen LogP contribution in [0.25, 0.3) is 0 Å². The summed E-state index contributed by atoms with van der Waals surface area (Å²) in [7, 11) is 0. The van der Waals surface area contributed by atoms with E-state index in [1.165, 1.54) is 0 Å². The van der Waals surface area contributed by atoms with Crippen molar-refractivity contribution in [3.05, 3.63) is 30.3 Å². The lowest BCUT2D eigenvalue weighted by molar-refractivity contribution is 0.612. The second-order valence-corrected chi connectivity index (χ2v) is 7.92. The molecule has 0 aromatic heterocycles. The van der Waals surface area contributed by atoms with Gasteiger partial charge in [-0.05, 0) is 12.1 Å². The van der Waals surface area contributed by atoms with Crippen molar-refractivity contribution in [3.8, 4) is 5.75 Å². The minimum absolute atomic E-state index is 0.912. The third-order valence-corrected chi connectivity index (χ3v) is 6.22. The van der Waals surface area contributed by atoms with E-state index in [4.69, 9.17) is 16.3 Å². The number of hydrogen-bond donors (Lipinski definition) is 0. The molecule has 0 aliphatic rings. The first-order valence-electron chi connectivity index (χ1n) is 4.53. The van der Waals surface area contributed by atoms with Gasteiger partial charge in [0.25, 0.3) is 0 Å². The molecular formula is C10H15OPS. The van der Waals surface area contributed by atoms with E-state index in [2.05, 4.69) is 13.8 Å². The Bertz CT molecular complexity index is 289. The second-order valence-electron chi connectivity index (χ2n) is 2.85. The molecule has 0 saturated carbocycles. The van der Waals surface area contributed by atoms with Crippen molar-refractivity contribution in [2.24, 2.45) is 0 Å². The van der Waals surface area contributed by atoms with E-state index >= 15 is 0 Å². The first-order chi connectivity index (χ1) is 6.20. The first-order valence-corrected chi connectivity index (χ1v) is 7.62. The Balaban J connectivity index is 2.74. The highest BCUT2D eigenvalue weighted by Gasteiger charge is 2.13. The van der Waals surface area contributed by atoms with E-state index in [0.29, 0.717) is 0 Å². The first kappa shape index (κ1) is 10.7. The summed E-state index contributed by atoms with van der Waals surface area (Å²) in [6, 6.07) is 9.85. The Kier molecular flexibility index (Phi) is 3.95. The highest BCUT2D eigenvalue weighted by atomic mass is 32.4. The van der Waals surface area contributed by atoms with Crippen LogP contribution in [0.4, 0.5) is 0 Å². The van der Waals surface area contributed by atoms with E-state index in [0.717, 1.165) is 18.1 Å². The molecule has 1 rings (SSSR count). The van der Waals surface area contributed by atoms with Crippen LogP contribution >= 0.6 is 6.26 Å². The highest BCUT2D eigenvalue weighted by Crippen LogP contribution is 2.46. The summed E-state index contributed by atoms with van der Waals surface area (Å²) in [5.41, 5.74) is 0. The maximum absolute atomic E-state index is 5.83. The molecule has 0 N–H and O–H groups in total. The average Bonchev–Trinajstić information content (AvgIpc) is 2.19. The molecule has 0 atom stereocenters. The summed E-state index contributed by atoms with van der Waals surface area (Å²) in [6.07, 6.45) is 0.362. The molecule has 0 amide bonds. The Morgan fingerprint density at radius 3 is 2.15 bits per heavy atom. The number of benzene rings is 1. The molecule has 0 radical (unpaired) electrons. The molecule has 3 heteroatoms. The molecule has 0 saturated heterocycles. The molecule has 13 heavy (non-hydrogen) atoms. The van der Waals surface area contributed by atoms with Crippen LogP contribution in [0.2, 0.25) is 0 Å². The van der Waals surface area contributed by atoms with Crippen LogP contribution in [0.1, 0.15) is 13.8 Å². The van der Waals surface area contributed by atoms with Gasteiger partial charge in [-0.2, -0.15) is 0 Å². The summed E-state index contributed by atoms with van der Waals surface area (Å²) in [6.45, 7) is 4.21. The van der Waals surface area contributed by atoms with Gasteiger partial charge in [0.1, 0.15) is 12.0 Å². The van der Waals surface area contributed by atoms with Gasteiger partial charge in [0.2, 0.25) is 0 Å². The van der Waals surface area contributed by atoms with Crippen molar-refractivity contribution < 1.29 is 4.52 Å². The highest BCUT2D eigenvalue weighted by molar-refractivity contribution is 8.12. The fourth-order valence-corrected chi connectivity index (χ4v) is 2.50. The monoisotopic (exact) mass is 214 g/mol. The normalized spacial score (nSPS) is 11.2. The van der Waals surface area contributed by atoms with E-state index in [9.17, 15) is 0 Å². The molecule has 1 aromatic carbocycles. The van der Waals surface area contributed by atoms with Gasteiger partial charge >= 0.3 is 0 Å². The van der Waals surface area contributed by atoms with Gasteiger partial charge in [-0.25, -0.2) is 0 Å². The van der Waals surface area contributed by atoms with E-state index in [1.807, 2.05) is 30.3 Å². The Morgan fingerprint density at radius 1 is 1.15 bits per heavy atom. The van der Waals surface area contributed by atoms with Crippen molar-refractivity contribution in [1.82, 2.24) is 0 Å². The SMILES string of the molecule is CCP(=S)(CC)Oc1ccccc1. The van der Waals surface area contributed by atoms with Gasteiger partial charge in [-0.15, -0.1) is 0 Å². The van der Waals surface area contributed by atoms with Crippen LogP contribution in [-0.2, 0) is 11.8 Å². The zero-order chi connectivity index (χ0) is 9.73. The fourth-order valence-electron chi connectivity index (χ4n) is 1.03. The Hall–Kier alpha value is -0.330. The van der Waals surface area contributed by atoms with Crippen molar-refractivity contribution in [3.63, 3.8) is 0 Å². The number of para-hydroxylation sites is 1. The molecule has 1 nitrogen and oxygen atoms in total. The van der Waals surface area contributed by atoms with Crippen molar-refractivity contribution >= 4 is 18.1 Å². The quantitative estimate of drug-likeness (QED) is 0.709. The smallest absolute Gasteiger partial charge is 0.124 e. The maximum Gasteiger partial charge on any atom is 0.124 e. The molecular weight excluding hydrogens is 199 g/mol. The van der Waals surface area contributed by atoms with Crippen LogP contribution < -0.4 is 4.52 Å². The van der Waals surface area contributed by atoms with Crippen molar-refractivity contribution in [2.75, 3.05) is 12.3 Å². The summed E-state index contributed by atoms with van der Waals surface area (Å²) in [5.74, 6) is 0.912. The van der Waals surface area contributed by atoms with Crippen LogP contribution in [0.5, 0.6) is 5.75 Å². The van der Waals surface area contributed by atoms with Gasteiger partial charge in [-0.1, -0.05) is 43.9 Å². The van der Waals surface area contributed by atoms with Crippen molar-refractivity contribution in [1.29, 1.82) is 0 Å². The van der Waals surface area contributed by atoms with Gasteiger partial charge in [0, 0.05) is 12.3 Å². The van der Waals surface area contributed by atoms with Gasteiger partial charge < -0.3 is 4.52 Å². The van der Waals surface area contributed by atoms with Gasteiger partial charge in [0.05, 0.1) is 0 Å². The zero-order valence-electron chi connectivity index (χ0n) is 8.06. The summed E-state index contributed by atoms with van der Waals surface area (Å²) in [5, 5.41) is 0. The van der Waals surface area contributed by atoms with Crippen LogP contribution in [-0.4, -0.2) is 12.3 Å². The third kappa shape index (κ3) is 3.13. The maximum atomic E-state index is 5.83.